The lowest BCUT2D eigenvalue weighted by Gasteiger charge is -2.12. The van der Waals surface area contributed by atoms with Gasteiger partial charge in [0.1, 0.15) is 0 Å². The topological polar surface area (TPSA) is 42.2 Å². The summed E-state index contributed by atoms with van der Waals surface area (Å²) in [6.07, 6.45) is 1.82. The van der Waals surface area contributed by atoms with Crippen LogP contribution in [-0.4, -0.2) is 13.2 Å². The molecule has 0 N–H and O–H groups in total. The van der Waals surface area contributed by atoms with Crippen molar-refractivity contribution < 1.29 is 9.47 Å². The van der Waals surface area contributed by atoms with E-state index >= 15 is 0 Å². The lowest BCUT2D eigenvalue weighted by Crippen LogP contribution is -1.99. The predicted octanol–water partition coefficient (Wildman–Crippen LogP) is 5.20. The maximum atomic E-state index is 9.47. The minimum absolute atomic E-state index is 0.534. The van der Waals surface area contributed by atoms with Crippen molar-refractivity contribution in [3.05, 3.63) is 58.6 Å². The molecule has 0 atom stereocenters. The van der Waals surface area contributed by atoms with Crippen molar-refractivity contribution in [2.45, 2.75) is 13.8 Å². The van der Waals surface area contributed by atoms with Crippen LogP contribution in [0.5, 0.6) is 11.5 Å². The van der Waals surface area contributed by atoms with E-state index in [4.69, 9.17) is 21.1 Å². The smallest absolute Gasteiger partial charge is 0.161 e. The molecule has 0 aromatic heterocycles. The number of halogens is 1. The Balaban J connectivity index is 2.39. The Hall–Kier alpha value is -2.44. The molecule has 0 heterocycles. The molecule has 118 valence electrons. The summed E-state index contributed by atoms with van der Waals surface area (Å²) in [4.78, 5) is 0. The summed E-state index contributed by atoms with van der Waals surface area (Å²) in [6.45, 7) is 4.93. The Bertz CT molecular complexity index is 730. The van der Waals surface area contributed by atoms with Crippen molar-refractivity contribution >= 4 is 23.3 Å². The van der Waals surface area contributed by atoms with Crippen molar-refractivity contribution in [3.63, 3.8) is 0 Å². The molecule has 0 spiro atoms. The maximum absolute atomic E-state index is 9.47. The van der Waals surface area contributed by atoms with Crippen molar-refractivity contribution in [2.24, 2.45) is 0 Å². The highest BCUT2D eigenvalue weighted by molar-refractivity contribution is 6.30. The monoisotopic (exact) mass is 327 g/mol. The van der Waals surface area contributed by atoms with E-state index in [0.717, 1.165) is 11.1 Å². The molecular weight excluding hydrogens is 310 g/mol. The van der Waals surface area contributed by atoms with Crippen LogP contribution >= 0.6 is 11.6 Å². The van der Waals surface area contributed by atoms with Gasteiger partial charge in [-0.2, -0.15) is 5.26 Å². The third kappa shape index (κ3) is 4.51. The second-order valence-corrected chi connectivity index (χ2v) is 5.19. The summed E-state index contributed by atoms with van der Waals surface area (Å²) in [5.74, 6) is 1.32. The number of hydrogen-bond donors (Lipinski definition) is 0. The van der Waals surface area contributed by atoms with Gasteiger partial charge in [-0.15, -0.1) is 0 Å². The largest absolute Gasteiger partial charge is 0.490 e. The van der Waals surface area contributed by atoms with E-state index in [9.17, 15) is 5.26 Å². The molecule has 23 heavy (non-hydrogen) atoms. The van der Waals surface area contributed by atoms with Gasteiger partial charge in [-0.3, -0.25) is 0 Å². The molecular formula is C19H18ClNO2. The molecule has 0 unspecified atom stereocenters. The second-order valence-electron chi connectivity index (χ2n) is 4.75. The number of rotatable bonds is 6. The normalized spacial score (nSPS) is 11.0. The molecule has 0 aliphatic rings. The fourth-order valence-corrected chi connectivity index (χ4v) is 2.25. The summed E-state index contributed by atoms with van der Waals surface area (Å²) in [5.41, 5.74) is 2.25. The third-order valence-electron chi connectivity index (χ3n) is 3.16. The number of nitrogens with zero attached hydrogens (tertiary/aromatic N) is 1. The first-order chi connectivity index (χ1) is 11.2. The Labute approximate surface area is 141 Å². The molecule has 0 amide bonds. The molecule has 0 saturated heterocycles. The lowest BCUT2D eigenvalue weighted by molar-refractivity contribution is 0.287. The first-order valence-corrected chi connectivity index (χ1v) is 7.83. The van der Waals surface area contributed by atoms with Crippen LogP contribution in [0.2, 0.25) is 5.02 Å². The Kier molecular flexibility index (Phi) is 6.08. The van der Waals surface area contributed by atoms with Crippen LogP contribution in [-0.2, 0) is 0 Å². The van der Waals surface area contributed by atoms with Gasteiger partial charge >= 0.3 is 0 Å². The van der Waals surface area contributed by atoms with Gasteiger partial charge in [-0.25, -0.2) is 0 Å². The number of nitriles is 1. The zero-order chi connectivity index (χ0) is 16.7. The summed E-state index contributed by atoms with van der Waals surface area (Å²) in [7, 11) is 0. The molecule has 0 radical (unpaired) electrons. The van der Waals surface area contributed by atoms with E-state index in [-0.39, 0.29) is 0 Å². The Morgan fingerprint density at radius 2 is 1.70 bits per heavy atom. The molecule has 0 bridgehead atoms. The number of ether oxygens (including phenoxy) is 2. The van der Waals surface area contributed by atoms with E-state index in [1.54, 1.807) is 12.1 Å². The number of benzene rings is 2. The van der Waals surface area contributed by atoms with Crippen molar-refractivity contribution in [1.29, 1.82) is 5.26 Å². The van der Waals surface area contributed by atoms with Gasteiger partial charge in [0.2, 0.25) is 0 Å². The molecule has 3 nitrogen and oxygen atoms in total. The Morgan fingerprint density at radius 1 is 1.04 bits per heavy atom. The molecule has 4 heteroatoms. The van der Waals surface area contributed by atoms with Gasteiger partial charge < -0.3 is 9.47 Å². The fourth-order valence-electron chi connectivity index (χ4n) is 2.12. The standard InChI is InChI=1S/C19H18ClNO2/c1-3-22-18-10-7-15(12-19(18)23-4-2)16(13-21)11-14-5-8-17(20)9-6-14/h5-12H,3-4H2,1-2H3. The zero-order valence-corrected chi connectivity index (χ0v) is 13.9. The molecule has 0 aliphatic carbocycles. The average Bonchev–Trinajstić information content (AvgIpc) is 2.56. The van der Waals surface area contributed by atoms with E-state index in [2.05, 4.69) is 6.07 Å². The highest BCUT2D eigenvalue weighted by Crippen LogP contribution is 2.31. The van der Waals surface area contributed by atoms with Crippen LogP contribution < -0.4 is 9.47 Å². The summed E-state index contributed by atoms with van der Waals surface area (Å²) in [5, 5.41) is 10.1. The van der Waals surface area contributed by atoms with Gasteiger partial charge in [-0.05, 0) is 61.4 Å². The average molecular weight is 328 g/mol. The van der Waals surface area contributed by atoms with Crippen molar-refractivity contribution in [3.8, 4) is 17.6 Å². The van der Waals surface area contributed by atoms with Crippen molar-refractivity contribution in [2.75, 3.05) is 13.2 Å². The summed E-state index contributed by atoms with van der Waals surface area (Å²) in [6, 6.07) is 15.1. The van der Waals surface area contributed by atoms with Crippen LogP contribution in [0, 0.1) is 11.3 Å². The molecule has 0 aliphatic heterocycles. The van der Waals surface area contributed by atoms with Crippen LogP contribution in [0.25, 0.3) is 11.6 Å². The lowest BCUT2D eigenvalue weighted by atomic mass is 10.0. The van der Waals surface area contributed by atoms with Crippen LogP contribution in [0.1, 0.15) is 25.0 Å². The van der Waals surface area contributed by atoms with Gasteiger partial charge in [-0.1, -0.05) is 23.7 Å². The van der Waals surface area contributed by atoms with Crippen LogP contribution in [0.15, 0.2) is 42.5 Å². The van der Waals surface area contributed by atoms with Crippen molar-refractivity contribution in [1.82, 2.24) is 0 Å². The molecule has 2 aromatic carbocycles. The minimum atomic E-state index is 0.534. The SMILES string of the molecule is CCOc1ccc(C(C#N)=Cc2ccc(Cl)cc2)cc1OCC. The van der Waals surface area contributed by atoms with Crippen LogP contribution in [0.3, 0.4) is 0 Å². The highest BCUT2D eigenvalue weighted by atomic mass is 35.5. The Morgan fingerprint density at radius 3 is 2.30 bits per heavy atom. The molecule has 2 aromatic rings. The van der Waals surface area contributed by atoms with Gasteiger partial charge in [0.05, 0.1) is 24.9 Å². The molecule has 2 rings (SSSR count). The predicted molar refractivity (Wildman–Crippen MR) is 93.7 cm³/mol. The first-order valence-electron chi connectivity index (χ1n) is 7.45. The quantitative estimate of drug-likeness (QED) is 0.541. The van der Waals surface area contributed by atoms with Crippen LogP contribution in [0.4, 0.5) is 0 Å². The minimum Gasteiger partial charge on any atom is -0.490 e. The molecule has 0 saturated carbocycles. The first kappa shape index (κ1) is 16.9. The van der Waals surface area contributed by atoms with Gasteiger partial charge in [0.15, 0.2) is 11.5 Å². The number of allylic oxidation sites excluding steroid dienone is 1. The van der Waals surface area contributed by atoms with Gasteiger partial charge in [0, 0.05) is 5.02 Å². The summed E-state index contributed by atoms with van der Waals surface area (Å²) < 4.78 is 11.2. The van der Waals surface area contributed by atoms with Gasteiger partial charge in [0.25, 0.3) is 0 Å². The van der Waals surface area contributed by atoms with E-state index in [1.165, 1.54) is 0 Å². The third-order valence-corrected chi connectivity index (χ3v) is 3.41. The fraction of sp³-hybridized carbons (Fsp3) is 0.211. The molecule has 0 fully saturated rings. The highest BCUT2D eigenvalue weighted by Gasteiger charge is 2.09. The maximum Gasteiger partial charge on any atom is 0.161 e. The van der Waals surface area contributed by atoms with E-state index < -0.39 is 0 Å². The van der Waals surface area contributed by atoms with E-state index in [0.29, 0.717) is 35.3 Å². The van der Waals surface area contributed by atoms with E-state index in [1.807, 2.05) is 50.3 Å². The second kappa shape index (κ2) is 8.26. The zero-order valence-electron chi connectivity index (χ0n) is 13.2. The summed E-state index contributed by atoms with van der Waals surface area (Å²) >= 11 is 5.89. The number of hydrogen-bond acceptors (Lipinski definition) is 3.